The molecule has 1 amide bonds. The third-order valence-electron chi connectivity index (χ3n) is 3.92. The van der Waals surface area contributed by atoms with Crippen LogP contribution in [0.5, 0.6) is 0 Å². The Labute approximate surface area is 130 Å². The van der Waals surface area contributed by atoms with E-state index in [0.29, 0.717) is 16.6 Å². The van der Waals surface area contributed by atoms with Crippen LogP contribution < -0.4 is 5.73 Å². The van der Waals surface area contributed by atoms with Crippen molar-refractivity contribution < 1.29 is 4.79 Å². The summed E-state index contributed by atoms with van der Waals surface area (Å²) in [6.07, 6.45) is 4.05. The van der Waals surface area contributed by atoms with Crippen molar-refractivity contribution in [3.8, 4) is 0 Å². The molecule has 0 radical (unpaired) electrons. The lowest BCUT2D eigenvalue weighted by molar-refractivity contribution is -0.136. The molecule has 0 bridgehead atoms. The van der Waals surface area contributed by atoms with Gasteiger partial charge in [0.25, 0.3) is 0 Å². The lowest BCUT2D eigenvalue weighted by Gasteiger charge is -2.31. The Morgan fingerprint density at radius 2 is 2.00 bits per heavy atom. The molecule has 1 aromatic rings. The summed E-state index contributed by atoms with van der Waals surface area (Å²) in [7, 11) is 1.81. The quantitative estimate of drug-likeness (QED) is 0.928. The lowest BCUT2D eigenvalue weighted by atomic mass is 9.84. The fourth-order valence-corrected chi connectivity index (χ4v) is 3.06. The summed E-state index contributed by atoms with van der Waals surface area (Å²) >= 11 is 11.9. The van der Waals surface area contributed by atoms with Gasteiger partial charge in [-0.3, -0.25) is 4.79 Å². The molecule has 20 heavy (non-hydrogen) atoms. The fraction of sp³-hybridized carbons (Fsp3) is 0.533. The van der Waals surface area contributed by atoms with Crippen molar-refractivity contribution in [1.82, 2.24) is 4.90 Å². The number of carbonyl (C=O) groups excluding carboxylic acids is 1. The second kappa shape index (κ2) is 6.79. The van der Waals surface area contributed by atoms with Gasteiger partial charge in [-0.25, -0.2) is 0 Å². The Hall–Kier alpha value is -0.770. The number of halogens is 2. The number of nitrogens with zero attached hydrogens (tertiary/aromatic N) is 1. The molecule has 0 heterocycles. The Balaban J connectivity index is 2.01. The third kappa shape index (κ3) is 3.66. The zero-order valence-corrected chi connectivity index (χ0v) is 13.1. The molecular formula is C15H20Cl2N2O. The highest BCUT2D eigenvalue weighted by atomic mass is 35.5. The van der Waals surface area contributed by atoms with Gasteiger partial charge in [-0.15, -0.1) is 0 Å². The molecule has 0 spiro atoms. The first-order chi connectivity index (χ1) is 9.49. The topological polar surface area (TPSA) is 46.3 Å². The molecule has 1 aromatic carbocycles. The van der Waals surface area contributed by atoms with Crippen LogP contribution >= 0.6 is 23.2 Å². The molecule has 5 heteroatoms. The molecule has 3 nitrogen and oxygen atoms in total. The van der Waals surface area contributed by atoms with E-state index in [1.165, 1.54) is 0 Å². The van der Waals surface area contributed by atoms with E-state index in [4.69, 9.17) is 28.9 Å². The van der Waals surface area contributed by atoms with Gasteiger partial charge in [0.1, 0.15) is 0 Å². The van der Waals surface area contributed by atoms with Gasteiger partial charge in [-0.05, 0) is 30.5 Å². The summed E-state index contributed by atoms with van der Waals surface area (Å²) in [6.45, 7) is 0.527. The minimum atomic E-state index is -0.0449. The monoisotopic (exact) mass is 314 g/mol. The van der Waals surface area contributed by atoms with E-state index in [1.54, 1.807) is 17.0 Å². The summed E-state index contributed by atoms with van der Waals surface area (Å²) in [5.41, 5.74) is 7.04. The van der Waals surface area contributed by atoms with Crippen molar-refractivity contribution in [1.29, 1.82) is 0 Å². The van der Waals surface area contributed by atoms with Crippen LogP contribution in [0.3, 0.4) is 0 Å². The first-order valence-electron chi connectivity index (χ1n) is 6.93. The number of hydrogen-bond donors (Lipinski definition) is 1. The largest absolute Gasteiger partial charge is 0.341 e. The minimum Gasteiger partial charge on any atom is -0.341 e. The summed E-state index contributed by atoms with van der Waals surface area (Å²) in [6, 6.07) is 5.43. The van der Waals surface area contributed by atoms with Crippen molar-refractivity contribution in [2.45, 2.75) is 38.3 Å². The maximum Gasteiger partial charge on any atom is 0.227 e. The van der Waals surface area contributed by atoms with E-state index in [2.05, 4.69) is 0 Å². The van der Waals surface area contributed by atoms with Crippen LogP contribution in [0.4, 0.5) is 0 Å². The maximum atomic E-state index is 12.5. The highest BCUT2D eigenvalue weighted by Gasteiger charge is 2.30. The number of rotatable bonds is 3. The molecular weight excluding hydrogens is 295 g/mol. The third-order valence-corrected chi connectivity index (χ3v) is 4.66. The first kappa shape index (κ1) is 15.6. The molecule has 1 saturated carbocycles. The van der Waals surface area contributed by atoms with Crippen molar-refractivity contribution in [2.24, 2.45) is 11.7 Å². The summed E-state index contributed by atoms with van der Waals surface area (Å²) in [5, 5.41) is 1.04. The van der Waals surface area contributed by atoms with Crippen LogP contribution in [-0.2, 0) is 11.3 Å². The molecule has 2 rings (SSSR count). The second-order valence-corrected chi connectivity index (χ2v) is 6.31. The molecule has 1 aliphatic rings. The standard InChI is InChI=1S/C15H20Cl2N2O/c1-19(9-10-6-7-12(16)13(17)8-10)15(20)11-4-2-3-5-14(11)18/h6-8,11,14H,2-5,9,18H2,1H3. The average Bonchev–Trinajstić information content (AvgIpc) is 2.42. The molecule has 2 atom stereocenters. The Kier molecular flexibility index (Phi) is 5.30. The van der Waals surface area contributed by atoms with E-state index in [-0.39, 0.29) is 17.9 Å². The van der Waals surface area contributed by atoms with E-state index in [9.17, 15) is 4.79 Å². The van der Waals surface area contributed by atoms with Crippen LogP contribution in [0.1, 0.15) is 31.2 Å². The minimum absolute atomic E-state index is 0.00694. The van der Waals surface area contributed by atoms with Crippen LogP contribution in [0.25, 0.3) is 0 Å². The van der Waals surface area contributed by atoms with E-state index < -0.39 is 0 Å². The summed E-state index contributed by atoms with van der Waals surface area (Å²) in [5.74, 6) is 0.0831. The molecule has 110 valence electrons. The van der Waals surface area contributed by atoms with Crippen molar-refractivity contribution >= 4 is 29.1 Å². The van der Waals surface area contributed by atoms with Crippen molar-refractivity contribution in [2.75, 3.05) is 7.05 Å². The van der Waals surface area contributed by atoms with Gasteiger partial charge in [0.2, 0.25) is 5.91 Å². The number of amides is 1. The fourth-order valence-electron chi connectivity index (χ4n) is 2.74. The highest BCUT2D eigenvalue weighted by Crippen LogP contribution is 2.26. The van der Waals surface area contributed by atoms with Gasteiger partial charge >= 0.3 is 0 Å². The predicted molar refractivity (Wildman–Crippen MR) is 82.9 cm³/mol. The molecule has 1 fully saturated rings. The van der Waals surface area contributed by atoms with E-state index in [0.717, 1.165) is 31.2 Å². The van der Waals surface area contributed by atoms with Gasteiger partial charge in [0.05, 0.1) is 16.0 Å². The van der Waals surface area contributed by atoms with Crippen molar-refractivity contribution in [3.05, 3.63) is 33.8 Å². The van der Waals surface area contributed by atoms with Crippen LogP contribution in [0.2, 0.25) is 10.0 Å². The summed E-state index contributed by atoms with van der Waals surface area (Å²) < 4.78 is 0. The molecule has 0 aromatic heterocycles. The van der Waals surface area contributed by atoms with Crippen molar-refractivity contribution in [3.63, 3.8) is 0 Å². The van der Waals surface area contributed by atoms with E-state index >= 15 is 0 Å². The number of nitrogens with two attached hydrogens (primary N) is 1. The normalized spacial score (nSPS) is 22.6. The molecule has 2 N–H and O–H groups in total. The van der Waals surface area contributed by atoms with Gasteiger partial charge in [-0.1, -0.05) is 42.1 Å². The number of benzene rings is 1. The van der Waals surface area contributed by atoms with Crippen LogP contribution in [0, 0.1) is 5.92 Å². The first-order valence-corrected chi connectivity index (χ1v) is 7.69. The number of carbonyl (C=O) groups is 1. The lowest BCUT2D eigenvalue weighted by Crippen LogP contribution is -2.44. The van der Waals surface area contributed by atoms with E-state index in [1.807, 2.05) is 13.1 Å². The van der Waals surface area contributed by atoms with Crippen LogP contribution in [-0.4, -0.2) is 23.9 Å². The highest BCUT2D eigenvalue weighted by molar-refractivity contribution is 6.42. The zero-order valence-electron chi connectivity index (χ0n) is 11.6. The van der Waals surface area contributed by atoms with Gasteiger partial charge in [0, 0.05) is 19.6 Å². The Morgan fingerprint density at radius 1 is 1.30 bits per heavy atom. The molecule has 0 saturated heterocycles. The zero-order chi connectivity index (χ0) is 14.7. The van der Waals surface area contributed by atoms with Crippen LogP contribution in [0.15, 0.2) is 18.2 Å². The maximum absolute atomic E-state index is 12.5. The second-order valence-electron chi connectivity index (χ2n) is 5.50. The SMILES string of the molecule is CN(Cc1ccc(Cl)c(Cl)c1)C(=O)C1CCCCC1N. The average molecular weight is 315 g/mol. The Bertz CT molecular complexity index is 493. The molecule has 1 aliphatic carbocycles. The molecule has 2 unspecified atom stereocenters. The molecule has 0 aliphatic heterocycles. The summed E-state index contributed by atoms with van der Waals surface area (Å²) in [4.78, 5) is 14.2. The number of hydrogen-bond acceptors (Lipinski definition) is 2. The van der Waals surface area contributed by atoms with Gasteiger partial charge in [0.15, 0.2) is 0 Å². The van der Waals surface area contributed by atoms with Gasteiger partial charge in [-0.2, -0.15) is 0 Å². The predicted octanol–water partition coefficient (Wildman–Crippen LogP) is 3.47. The Morgan fingerprint density at radius 3 is 2.65 bits per heavy atom. The van der Waals surface area contributed by atoms with Gasteiger partial charge < -0.3 is 10.6 Å². The smallest absolute Gasteiger partial charge is 0.227 e.